The first-order valence-corrected chi connectivity index (χ1v) is 9.19. The molecular formula is C19H30N2O2. The van der Waals surface area contributed by atoms with E-state index in [2.05, 4.69) is 9.80 Å². The maximum absolute atomic E-state index is 9.38. The minimum absolute atomic E-state index is 0.336. The standard InChI is InChI=1S/C19H30N2O2/c22-18-9-7-17(8-10-18)21-13-11-20(12-14-21)15-16-23-19-5-3-1-2-4-6-19/h7-10,19,22H,1-6,11-16H2. The Balaban J connectivity index is 1.35. The lowest BCUT2D eigenvalue weighted by Gasteiger charge is -2.36. The summed E-state index contributed by atoms with van der Waals surface area (Å²) in [5, 5.41) is 9.38. The normalized spacial score (nSPS) is 21.3. The third-order valence-electron chi connectivity index (χ3n) is 5.15. The molecule has 1 aromatic carbocycles. The first kappa shape index (κ1) is 16.6. The van der Waals surface area contributed by atoms with Crippen LogP contribution < -0.4 is 4.90 Å². The van der Waals surface area contributed by atoms with Crippen LogP contribution >= 0.6 is 0 Å². The molecule has 0 amide bonds. The molecule has 4 nitrogen and oxygen atoms in total. The minimum Gasteiger partial charge on any atom is -0.508 e. The van der Waals surface area contributed by atoms with Gasteiger partial charge in [-0.25, -0.2) is 0 Å². The topological polar surface area (TPSA) is 35.9 Å². The van der Waals surface area contributed by atoms with Gasteiger partial charge in [0.15, 0.2) is 0 Å². The number of nitrogens with zero attached hydrogens (tertiary/aromatic N) is 2. The van der Waals surface area contributed by atoms with Crippen LogP contribution in [0, 0.1) is 0 Å². The van der Waals surface area contributed by atoms with Crippen molar-refractivity contribution in [2.45, 2.75) is 44.6 Å². The molecule has 2 aliphatic rings. The average Bonchev–Trinajstić information content (AvgIpc) is 2.85. The first-order chi connectivity index (χ1) is 11.3. The fraction of sp³-hybridized carbons (Fsp3) is 0.684. The van der Waals surface area contributed by atoms with Crippen molar-refractivity contribution in [3.63, 3.8) is 0 Å². The van der Waals surface area contributed by atoms with Crippen LogP contribution in [0.15, 0.2) is 24.3 Å². The van der Waals surface area contributed by atoms with Gasteiger partial charge < -0.3 is 14.7 Å². The van der Waals surface area contributed by atoms with Gasteiger partial charge >= 0.3 is 0 Å². The predicted octanol–water partition coefficient (Wildman–Crippen LogP) is 3.25. The average molecular weight is 318 g/mol. The lowest BCUT2D eigenvalue weighted by atomic mass is 10.1. The van der Waals surface area contributed by atoms with Crippen molar-refractivity contribution in [3.8, 4) is 5.75 Å². The van der Waals surface area contributed by atoms with E-state index in [1.54, 1.807) is 12.1 Å². The Hall–Kier alpha value is -1.26. The Morgan fingerprint density at radius 3 is 2.22 bits per heavy atom. The van der Waals surface area contributed by atoms with Gasteiger partial charge in [0.2, 0.25) is 0 Å². The van der Waals surface area contributed by atoms with Crippen molar-refractivity contribution >= 4 is 5.69 Å². The van der Waals surface area contributed by atoms with Crippen molar-refractivity contribution in [2.75, 3.05) is 44.2 Å². The van der Waals surface area contributed by atoms with Crippen molar-refractivity contribution < 1.29 is 9.84 Å². The van der Waals surface area contributed by atoms with Crippen LogP contribution in [0.4, 0.5) is 5.69 Å². The van der Waals surface area contributed by atoms with Gasteiger partial charge in [-0.15, -0.1) is 0 Å². The molecule has 3 rings (SSSR count). The van der Waals surface area contributed by atoms with E-state index in [0.717, 1.165) is 39.3 Å². The molecule has 1 aliphatic heterocycles. The van der Waals surface area contributed by atoms with E-state index in [1.807, 2.05) is 12.1 Å². The van der Waals surface area contributed by atoms with Gasteiger partial charge in [0, 0.05) is 38.4 Å². The SMILES string of the molecule is Oc1ccc(N2CCN(CCOC3CCCCCC3)CC2)cc1. The zero-order valence-corrected chi connectivity index (χ0v) is 14.1. The van der Waals surface area contributed by atoms with Crippen molar-refractivity contribution in [1.82, 2.24) is 4.90 Å². The first-order valence-electron chi connectivity index (χ1n) is 9.19. The van der Waals surface area contributed by atoms with Crippen LogP contribution in [0.5, 0.6) is 5.75 Å². The van der Waals surface area contributed by atoms with Crippen LogP contribution in [0.2, 0.25) is 0 Å². The van der Waals surface area contributed by atoms with E-state index in [9.17, 15) is 5.11 Å². The minimum atomic E-state index is 0.336. The Bertz CT molecular complexity index is 447. The second-order valence-corrected chi connectivity index (χ2v) is 6.83. The highest BCUT2D eigenvalue weighted by molar-refractivity contribution is 5.49. The number of ether oxygens (including phenoxy) is 1. The van der Waals surface area contributed by atoms with Crippen LogP contribution in [-0.2, 0) is 4.74 Å². The van der Waals surface area contributed by atoms with Gasteiger partial charge in [0.25, 0.3) is 0 Å². The summed E-state index contributed by atoms with van der Waals surface area (Å²) in [5.41, 5.74) is 1.21. The van der Waals surface area contributed by atoms with Crippen molar-refractivity contribution in [1.29, 1.82) is 0 Å². The molecule has 23 heavy (non-hydrogen) atoms. The summed E-state index contributed by atoms with van der Waals surface area (Å²) in [7, 11) is 0. The Kier molecular flexibility index (Phi) is 6.17. The molecule has 2 fully saturated rings. The van der Waals surface area contributed by atoms with Gasteiger partial charge in [0.05, 0.1) is 12.7 Å². The van der Waals surface area contributed by atoms with Gasteiger partial charge in [-0.1, -0.05) is 25.7 Å². The van der Waals surface area contributed by atoms with Gasteiger partial charge in [-0.2, -0.15) is 0 Å². The molecule has 1 aromatic rings. The zero-order chi connectivity index (χ0) is 15.9. The summed E-state index contributed by atoms with van der Waals surface area (Å²) in [5.74, 6) is 0.336. The molecule has 128 valence electrons. The number of phenolic OH excluding ortho intramolecular Hbond substituents is 1. The molecule has 0 spiro atoms. The molecule has 0 bridgehead atoms. The van der Waals surface area contributed by atoms with E-state index in [4.69, 9.17) is 4.74 Å². The Morgan fingerprint density at radius 2 is 1.57 bits per heavy atom. The highest BCUT2D eigenvalue weighted by atomic mass is 16.5. The third-order valence-corrected chi connectivity index (χ3v) is 5.15. The van der Waals surface area contributed by atoms with E-state index in [-0.39, 0.29) is 0 Å². The van der Waals surface area contributed by atoms with E-state index >= 15 is 0 Å². The van der Waals surface area contributed by atoms with E-state index in [0.29, 0.717) is 11.9 Å². The number of hydrogen-bond donors (Lipinski definition) is 1. The molecule has 4 heteroatoms. The second kappa shape index (κ2) is 8.55. The maximum Gasteiger partial charge on any atom is 0.115 e. The number of benzene rings is 1. The summed E-state index contributed by atoms with van der Waals surface area (Å²) in [6.45, 7) is 6.22. The zero-order valence-electron chi connectivity index (χ0n) is 14.1. The van der Waals surface area contributed by atoms with Crippen LogP contribution in [0.3, 0.4) is 0 Å². The highest BCUT2D eigenvalue weighted by Crippen LogP contribution is 2.21. The number of rotatable bonds is 5. The highest BCUT2D eigenvalue weighted by Gasteiger charge is 2.18. The van der Waals surface area contributed by atoms with Gasteiger partial charge in [0.1, 0.15) is 5.75 Å². The smallest absolute Gasteiger partial charge is 0.115 e. The molecule has 1 aliphatic carbocycles. The molecule has 0 radical (unpaired) electrons. The van der Waals surface area contributed by atoms with Crippen LogP contribution in [0.25, 0.3) is 0 Å². The summed E-state index contributed by atoms with van der Waals surface area (Å²) >= 11 is 0. The Morgan fingerprint density at radius 1 is 0.913 bits per heavy atom. The molecule has 1 saturated heterocycles. The molecule has 0 atom stereocenters. The van der Waals surface area contributed by atoms with Gasteiger partial charge in [-0.05, 0) is 37.1 Å². The molecule has 0 aromatic heterocycles. The number of piperazine rings is 1. The molecular weight excluding hydrogens is 288 g/mol. The van der Waals surface area contributed by atoms with Crippen LogP contribution in [-0.4, -0.2) is 55.4 Å². The fourth-order valence-corrected chi connectivity index (χ4v) is 3.65. The molecule has 1 N–H and O–H groups in total. The van der Waals surface area contributed by atoms with Gasteiger partial charge in [-0.3, -0.25) is 4.90 Å². The molecule has 1 saturated carbocycles. The molecule has 0 unspecified atom stereocenters. The monoisotopic (exact) mass is 318 g/mol. The van der Waals surface area contributed by atoms with Crippen LogP contribution in [0.1, 0.15) is 38.5 Å². The largest absolute Gasteiger partial charge is 0.508 e. The predicted molar refractivity (Wildman–Crippen MR) is 94.2 cm³/mol. The van der Waals surface area contributed by atoms with Crippen molar-refractivity contribution in [3.05, 3.63) is 24.3 Å². The number of anilines is 1. The van der Waals surface area contributed by atoms with Crippen molar-refractivity contribution in [2.24, 2.45) is 0 Å². The number of hydrogen-bond acceptors (Lipinski definition) is 4. The number of aromatic hydroxyl groups is 1. The van der Waals surface area contributed by atoms with E-state index in [1.165, 1.54) is 44.2 Å². The second-order valence-electron chi connectivity index (χ2n) is 6.83. The third kappa shape index (κ3) is 5.11. The fourth-order valence-electron chi connectivity index (χ4n) is 3.65. The molecule has 1 heterocycles. The lowest BCUT2D eigenvalue weighted by molar-refractivity contribution is 0.0281. The summed E-state index contributed by atoms with van der Waals surface area (Å²) in [4.78, 5) is 4.90. The Labute approximate surface area is 140 Å². The number of phenols is 1. The quantitative estimate of drug-likeness (QED) is 0.846. The maximum atomic E-state index is 9.38. The summed E-state index contributed by atoms with van der Waals surface area (Å²) in [6, 6.07) is 7.53. The summed E-state index contributed by atoms with van der Waals surface area (Å²) < 4.78 is 6.11. The lowest BCUT2D eigenvalue weighted by Crippen LogP contribution is -2.47. The van der Waals surface area contributed by atoms with E-state index < -0.39 is 0 Å². The summed E-state index contributed by atoms with van der Waals surface area (Å²) in [6.07, 6.45) is 8.49.